The highest BCUT2D eigenvalue weighted by Gasteiger charge is 2.57. The highest BCUT2D eigenvalue weighted by molar-refractivity contribution is 5.89. The van der Waals surface area contributed by atoms with Gasteiger partial charge in [0.1, 0.15) is 5.75 Å². The molecule has 2 saturated heterocycles. The largest absolute Gasteiger partial charge is 0.507 e. The normalized spacial score (nSPS) is 26.8. The molecule has 0 spiro atoms. The first kappa shape index (κ1) is 20.0. The molecule has 2 N–H and O–H groups in total. The SMILES string of the molecule is C=C(c1ccc(-c2cc3ccncc3cc2O)nn1)[C@H]1CC2NC(CC2(F)F)[C@@H]1OC. The minimum Gasteiger partial charge on any atom is -0.507 e. The van der Waals surface area contributed by atoms with Crippen LogP contribution >= 0.6 is 0 Å². The van der Waals surface area contributed by atoms with Crippen molar-refractivity contribution in [1.29, 1.82) is 0 Å². The van der Waals surface area contributed by atoms with E-state index in [1.165, 1.54) is 7.11 Å². The van der Waals surface area contributed by atoms with E-state index < -0.39 is 24.1 Å². The van der Waals surface area contributed by atoms with Crippen LogP contribution in [0.1, 0.15) is 18.5 Å². The highest BCUT2D eigenvalue weighted by atomic mass is 19.3. The van der Waals surface area contributed by atoms with Crippen LogP contribution in [0.15, 0.2) is 49.3 Å². The van der Waals surface area contributed by atoms with Crippen molar-refractivity contribution in [1.82, 2.24) is 20.5 Å². The van der Waals surface area contributed by atoms with Crippen LogP contribution in [0, 0.1) is 5.92 Å². The molecule has 2 unspecified atom stereocenters. The van der Waals surface area contributed by atoms with Gasteiger partial charge in [-0.2, -0.15) is 5.10 Å². The number of halogens is 2. The van der Waals surface area contributed by atoms with Gasteiger partial charge < -0.3 is 15.2 Å². The number of phenolic OH excluding ortho intramolecular Hbond substituents is 1. The number of ether oxygens (including phenoxy) is 1. The number of benzene rings is 1. The van der Waals surface area contributed by atoms with Gasteiger partial charge in [0.05, 0.1) is 23.5 Å². The van der Waals surface area contributed by atoms with E-state index in [1.54, 1.807) is 30.6 Å². The predicted molar refractivity (Wildman–Crippen MR) is 113 cm³/mol. The van der Waals surface area contributed by atoms with Crippen molar-refractivity contribution in [3.05, 3.63) is 55.0 Å². The maximum absolute atomic E-state index is 14.2. The van der Waals surface area contributed by atoms with Crippen LogP contribution in [-0.4, -0.2) is 51.5 Å². The molecule has 8 heteroatoms. The van der Waals surface area contributed by atoms with Gasteiger partial charge in [0.25, 0.3) is 5.92 Å². The van der Waals surface area contributed by atoms with Gasteiger partial charge in [0.15, 0.2) is 0 Å². The van der Waals surface area contributed by atoms with Crippen molar-refractivity contribution < 1.29 is 18.6 Å². The molecule has 5 rings (SSSR count). The lowest BCUT2D eigenvalue weighted by molar-refractivity contribution is -0.0153. The van der Waals surface area contributed by atoms with Crippen LogP contribution in [0.5, 0.6) is 5.75 Å². The number of hydrogen-bond acceptors (Lipinski definition) is 6. The summed E-state index contributed by atoms with van der Waals surface area (Å²) in [6, 6.07) is 7.53. The third kappa shape index (κ3) is 3.36. The average molecular weight is 424 g/mol. The van der Waals surface area contributed by atoms with Gasteiger partial charge >= 0.3 is 0 Å². The maximum atomic E-state index is 14.2. The second-order valence-corrected chi connectivity index (χ2v) is 8.25. The number of nitrogens with zero attached hydrogens (tertiary/aromatic N) is 3. The van der Waals surface area contributed by atoms with Crippen molar-refractivity contribution in [2.45, 2.75) is 37.0 Å². The van der Waals surface area contributed by atoms with E-state index in [4.69, 9.17) is 4.74 Å². The van der Waals surface area contributed by atoms with Crippen molar-refractivity contribution in [3.8, 4) is 17.0 Å². The molecule has 2 aliphatic rings. The molecular formula is C23H22F2N4O2. The lowest BCUT2D eigenvalue weighted by atomic mass is 9.82. The zero-order valence-electron chi connectivity index (χ0n) is 16.9. The summed E-state index contributed by atoms with van der Waals surface area (Å²) < 4.78 is 34.0. The Hall–Kier alpha value is -2.97. The second kappa shape index (κ2) is 7.32. The van der Waals surface area contributed by atoms with Gasteiger partial charge in [-0.3, -0.25) is 4.98 Å². The molecule has 2 aromatic heterocycles. The van der Waals surface area contributed by atoms with E-state index in [0.29, 0.717) is 22.5 Å². The van der Waals surface area contributed by atoms with Crippen molar-refractivity contribution in [2.24, 2.45) is 5.92 Å². The molecule has 0 aliphatic carbocycles. The second-order valence-electron chi connectivity index (χ2n) is 8.25. The fourth-order valence-corrected chi connectivity index (χ4v) is 4.83. The minimum absolute atomic E-state index is 0.0815. The third-order valence-electron chi connectivity index (χ3n) is 6.44. The number of piperidine rings is 1. The zero-order chi connectivity index (χ0) is 21.8. The van der Waals surface area contributed by atoms with Crippen LogP contribution in [0.2, 0.25) is 0 Å². The molecule has 1 aromatic carbocycles. The summed E-state index contributed by atoms with van der Waals surface area (Å²) in [7, 11) is 1.54. The van der Waals surface area contributed by atoms with Gasteiger partial charge in [0.2, 0.25) is 0 Å². The number of alkyl halides is 2. The Morgan fingerprint density at radius 2 is 2.06 bits per heavy atom. The molecule has 4 atom stereocenters. The predicted octanol–water partition coefficient (Wildman–Crippen LogP) is 3.81. The van der Waals surface area contributed by atoms with Gasteiger partial charge in [-0.1, -0.05) is 6.58 Å². The van der Waals surface area contributed by atoms with E-state index in [9.17, 15) is 13.9 Å². The van der Waals surface area contributed by atoms with Gasteiger partial charge in [-0.05, 0) is 47.7 Å². The number of hydrogen-bond donors (Lipinski definition) is 2. The fraction of sp³-hybridized carbons (Fsp3) is 0.348. The molecule has 0 radical (unpaired) electrons. The van der Waals surface area contributed by atoms with Gasteiger partial charge in [-0.15, -0.1) is 5.10 Å². The maximum Gasteiger partial charge on any atom is 0.264 e. The molecule has 6 nitrogen and oxygen atoms in total. The smallest absolute Gasteiger partial charge is 0.264 e. The Kier molecular flexibility index (Phi) is 4.71. The molecule has 3 aromatic rings. The zero-order valence-corrected chi connectivity index (χ0v) is 16.9. The topological polar surface area (TPSA) is 80.2 Å². The van der Waals surface area contributed by atoms with Crippen LogP contribution in [-0.2, 0) is 4.74 Å². The van der Waals surface area contributed by atoms with Crippen LogP contribution < -0.4 is 5.32 Å². The van der Waals surface area contributed by atoms with Crippen LogP contribution in [0.25, 0.3) is 27.6 Å². The number of phenols is 1. The standard InChI is InChI=1S/C23H22F2N4O2/c1-12(15-9-21-23(24,25)10-19(27-21)22(15)31-2)17-3-4-18(29-28-17)16-7-13-5-6-26-11-14(13)8-20(16)30/h3-8,11,15,19,21-22,27,30H,1,9-10H2,2H3/t15-,19?,21?,22-/m1/s1. The first-order chi connectivity index (χ1) is 14.9. The number of aromatic hydroxyl groups is 1. The monoisotopic (exact) mass is 424 g/mol. The summed E-state index contributed by atoms with van der Waals surface area (Å²) in [4.78, 5) is 4.06. The number of fused-ring (bicyclic) bond motifs is 3. The minimum atomic E-state index is -2.75. The Bertz CT molecular complexity index is 1150. The summed E-state index contributed by atoms with van der Waals surface area (Å²) in [5.74, 6) is -2.95. The molecule has 2 bridgehead atoms. The third-order valence-corrected chi connectivity index (χ3v) is 6.44. The lowest BCUT2D eigenvalue weighted by Crippen LogP contribution is -2.51. The molecule has 0 saturated carbocycles. The summed E-state index contributed by atoms with van der Waals surface area (Å²) in [6.45, 7) is 4.14. The Morgan fingerprint density at radius 3 is 2.81 bits per heavy atom. The lowest BCUT2D eigenvalue weighted by Gasteiger charge is -2.37. The quantitative estimate of drug-likeness (QED) is 0.663. The van der Waals surface area contributed by atoms with Crippen molar-refractivity contribution in [3.63, 3.8) is 0 Å². The Morgan fingerprint density at radius 1 is 1.23 bits per heavy atom. The first-order valence-electron chi connectivity index (χ1n) is 10.1. The van der Waals surface area contributed by atoms with E-state index in [-0.39, 0.29) is 24.5 Å². The molecule has 160 valence electrons. The number of rotatable bonds is 4. The van der Waals surface area contributed by atoms with Crippen molar-refractivity contribution in [2.75, 3.05) is 7.11 Å². The van der Waals surface area contributed by atoms with Crippen LogP contribution in [0.4, 0.5) is 8.78 Å². The van der Waals surface area contributed by atoms with E-state index >= 15 is 0 Å². The van der Waals surface area contributed by atoms with E-state index in [2.05, 4.69) is 27.1 Å². The number of methoxy groups -OCH3 is 1. The molecular weight excluding hydrogens is 402 g/mol. The molecule has 2 aliphatic heterocycles. The number of nitrogens with one attached hydrogen (secondary N) is 1. The van der Waals surface area contributed by atoms with Crippen molar-refractivity contribution >= 4 is 16.3 Å². The summed E-state index contributed by atoms with van der Waals surface area (Å²) in [5, 5.41) is 23.7. The number of pyridine rings is 1. The summed E-state index contributed by atoms with van der Waals surface area (Å²) in [5.41, 5.74) is 2.23. The Labute approximate surface area is 178 Å². The van der Waals surface area contributed by atoms with Crippen LogP contribution in [0.3, 0.4) is 0 Å². The Balaban J connectivity index is 1.43. The number of aromatic nitrogens is 3. The summed E-state index contributed by atoms with van der Waals surface area (Å²) >= 11 is 0. The van der Waals surface area contributed by atoms with Gasteiger partial charge in [-0.25, -0.2) is 8.78 Å². The first-order valence-corrected chi connectivity index (χ1v) is 10.1. The molecule has 31 heavy (non-hydrogen) atoms. The van der Waals surface area contributed by atoms with E-state index in [1.807, 2.05) is 12.1 Å². The highest BCUT2D eigenvalue weighted by Crippen LogP contribution is 2.45. The van der Waals surface area contributed by atoms with E-state index in [0.717, 1.165) is 10.8 Å². The summed E-state index contributed by atoms with van der Waals surface area (Å²) in [6.07, 6.45) is 2.95. The average Bonchev–Trinajstić information content (AvgIpc) is 3.01. The molecule has 0 amide bonds. The molecule has 2 fully saturated rings. The fourth-order valence-electron chi connectivity index (χ4n) is 4.83. The van der Waals surface area contributed by atoms with Gasteiger partial charge in [0, 0.05) is 48.8 Å². The molecule has 4 heterocycles.